The number of hydrogen-bond acceptors (Lipinski definition) is 1. The Labute approximate surface area is 80.2 Å². The summed E-state index contributed by atoms with van der Waals surface area (Å²) in [6, 6.07) is 0. The van der Waals surface area contributed by atoms with E-state index in [1.165, 1.54) is 6.42 Å². The Bertz CT molecular complexity index is 254. The Balaban J connectivity index is 2.35. The van der Waals surface area contributed by atoms with Crippen molar-refractivity contribution < 1.29 is 4.79 Å². The average molecular weight is 178 g/mol. The molecule has 1 fully saturated rings. The number of Topliss-reactive ketones (excluding diaryl/α,β-unsaturated/α-hetero) is 1. The van der Waals surface area contributed by atoms with Gasteiger partial charge < -0.3 is 0 Å². The first-order valence-electron chi connectivity index (χ1n) is 5.35. The molecule has 0 amide bonds. The molecule has 0 aromatic carbocycles. The van der Waals surface area contributed by atoms with Crippen molar-refractivity contribution in [2.24, 2.45) is 17.3 Å². The number of ketones is 1. The number of fused-ring (bicyclic) bond motifs is 1. The minimum Gasteiger partial charge on any atom is -0.299 e. The summed E-state index contributed by atoms with van der Waals surface area (Å²) in [5.41, 5.74) is -0.115. The molecule has 1 nitrogen and oxygen atoms in total. The first-order chi connectivity index (χ1) is 6.14. The lowest BCUT2D eigenvalue weighted by atomic mass is 9.73. The number of carbonyl (C=O) groups is 1. The number of hydrogen-bond donors (Lipinski definition) is 0. The van der Waals surface area contributed by atoms with Gasteiger partial charge in [0.15, 0.2) is 0 Å². The predicted octanol–water partition coefficient (Wildman–Crippen LogP) is 2.96. The largest absolute Gasteiger partial charge is 0.299 e. The molecule has 2 aliphatic rings. The zero-order chi connectivity index (χ0) is 9.47. The number of carbonyl (C=O) groups excluding carboxylic acids is 1. The molecule has 13 heavy (non-hydrogen) atoms. The molecule has 2 aliphatic carbocycles. The van der Waals surface area contributed by atoms with Gasteiger partial charge in [-0.25, -0.2) is 0 Å². The molecule has 0 N–H and O–H groups in total. The predicted molar refractivity (Wildman–Crippen MR) is 53.4 cm³/mol. The smallest absolute Gasteiger partial charge is 0.142 e. The lowest BCUT2D eigenvalue weighted by Gasteiger charge is -2.29. The van der Waals surface area contributed by atoms with Crippen LogP contribution in [0.2, 0.25) is 0 Å². The van der Waals surface area contributed by atoms with Crippen LogP contribution in [0.15, 0.2) is 12.2 Å². The lowest BCUT2D eigenvalue weighted by Crippen LogP contribution is -2.29. The van der Waals surface area contributed by atoms with Gasteiger partial charge in [-0.05, 0) is 38.0 Å². The van der Waals surface area contributed by atoms with E-state index in [1.807, 2.05) is 0 Å². The van der Waals surface area contributed by atoms with E-state index in [4.69, 9.17) is 0 Å². The van der Waals surface area contributed by atoms with E-state index < -0.39 is 0 Å². The summed E-state index contributed by atoms with van der Waals surface area (Å²) in [6.07, 6.45) is 8.71. The van der Waals surface area contributed by atoms with Crippen molar-refractivity contribution in [1.29, 1.82) is 0 Å². The molecule has 2 rings (SSSR count). The standard InChI is InChI=1S/C12H18O/c1-9-5-3-4-8-12(2)10(9)6-7-11(12)13/h4,8-10H,3,5-7H2,1-2H3/t9-,10+,12+/m1/s1. The molecule has 1 saturated carbocycles. The SMILES string of the molecule is C[C@@H]1CCC=C[C@]2(C)C(=O)CC[C@@H]12. The van der Waals surface area contributed by atoms with Crippen LogP contribution in [0, 0.1) is 17.3 Å². The molecule has 0 bridgehead atoms. The monoisotopic (exact) mass is 178 g/mol. The Hall–Kier alpha value is -0.590. The van der Waals surface area contributed by atoms with Crippen LogP contribution in [-0.4, -0.2) is 5.78 Å². The molecule has 0 aromatic rings. The Kier molecular flexibility index (Phi) is 2.05. The minimum absolute atomic E-state index is 0.115. The molecule has 0 saturated heterocycles. The van der Waals surface area contributed by atoms with Gasteiger partial charge in [0.1, 0.15) is 5.78 Å². The van der Waals surface area contributed by atoms with Crippen molar-refractivity contribution in [1.82, 2.24) is 0 Å². The fraction of sp³-hybridized carbons (Fsp3) is 0.750. The van der Waals surface area contributed by atoms with Gasteiger partial charge in [0.05, 0.1) is 0 Å². The summed E-state index contributed by atoms with van der Waals surface area (Å²) >= 11 is 0. The van der Waals surface area contributed by atoms with E-state index in [-0.39, 0.29) is 5.41 Å². The average Bonchev–Trinajstić information content (AvgIpc) is 2.29. The second-order valence-electron chi connectivity index (χ2n) is 4.81. The maximum atomic E-state index is 11.8. The van der Waals surface area contributed by atoms with Gasteiger partial charge in [0.25, 0.3) is 0 Å². The summed E-state index contributed by atoms with van der Waals surface area (Å²) < 4.78 is 0. The molecule has 72 valence electrons. The summed E-state index contributed by atoms with van der Waals surface area (Å²) in [7, 11) is 0. The third-order valence-corrected chi connectivity index (χ3v) is 3.99. The zero-order valence-electron chi connectivity index (χ0n) is 8.55. The van der Waals surface area contributed by atoms with Crippen molar-refractivity contribution in [3.8, 4) is 0 Å². The van der Waals surface area contributed by atoms with Gasteiger partial charge in [-0.3, -0.25) is 4.79 Å². The molecule has 0 heterocycles. The fourth-order valence-electron chi connectivity index (χ4n) is 3.04. The van der Waals surface area contributed by atoms with E-state index >= 15 is 0 Å². The van der Waals surface area contributed by atoms with Crippen LogP contribution in [0.5, 0.6) is 0 Å². The first-order valence-corrected chi connectivity index (χ1v) is 5.35. The van der Waals surface area contributed by atoms with Gasteiger partial charge in [0, 0.05) is 11.8 Å². The molecule has 3 atom stereocenters. The van der Waals surface area contributed by atoms with Gasteiger partial charge >= 0.3 is 0 Å². The molecule has 0 aromatic heterocycles. The van der Waals surface area contributed by atoms with Crippen LogP contribution in [-0.2, 0) is 4.79 Å². The topological polar surface area (TPSA) is 17.1 Å². The highest BCUT2D eigenvalue weighted by atomic mass is 16.1. The highest BCUT2D eigenvalue weighted by molar-refractivity contribution is 5.88. The third kappa shape index (κ3) is 1.25. The summed E-state index contributed by atoms with van der Waals surface area (Å²) in [6.45, 7) is 4.43. The molecule has 0 spiro atoms. The third-order valence-electron chi connectivity index (χ3n) is 3.99. The Morgan fingerprint density at radius 3 is 3.00 bits per heavy atom. The van der Waals surface area contributed by atoms with Crippen molar-refractivity contribution in [2.75, 3.05) is 0 Å². The molecule has 0 unspecified atom stereocenters. The van der Waals surface area contributed by atoms with Crippen LogP contribution in [0.3, 0.4) is 0 Å². The summed E-state index contributed by atoms with van der Waals surface area (Å²) in [5.74, 6) is 1.78. The molecular formula is C12H18O. The normalized spacial score (nSPS) is 44.6. The van der Waals surface area contributed by atoms with Gasteiger partial charge in [-0.2, -0.15) is 0 Å². The van der Waals surface area contributed by atoms with E-state index in [2.05, 4.69) is 26.0 Å². The van der Waals surface area contributed by atoms with Crippen molar-refractivity contribution in [3.05, 3.63) is 12.2 Å². The van der Waals surface area contributed by atoms with E-state index in [1.54, 1.807) is 0 Å². The van der Waals surface area contributed by atoms with Crippen LogP contribution in [0.4, 0.5) is 0 Å². The second-order valence-corrected chi connectivity index (χ2v) is 4.81. The molecule has 0 radical (unpaired) electrons. The van der Waals surface area contributed by atoms with Crippen LogP contribution in [0.1, 0.15) is 39.5 Å². The second kappa shape index (κ2) is 2.97. The van der Waals surface area contributed by atoms with Crippen LogP contribution < -0.4 is 0 Å². The van der Waals surface area contributed by atoms with E-state index in [0.717, 1.165) is 19.3 Å². The van der Waals surface area contributed by atoms with Gasteiger partial charge in [0.2, 0.25) is 0 Å². The quantitative estimate of drug-likeness (QED) is 0.521. The zero-order valence-corrected chi connectivity index (χ0v) is 8.55. The van der Waals surface area contributed by atoms with E-state index in [0.29, 0.717) is 17.6 Å². The van der Waals surface area contributed by atoms with Crippen molar-refractivity contribution in [2.45, 2.75) is 39.5 Å². The number of rotatable bonds is 0. The highest BCUT2D eigenvalue weighted by Crippen LogP contribution is 2.48. The maximum Gasteiger partial charge on any atom is 0.142 e. The minimum atomic E-state index is -0.115. The van der Waals surface area contributed by atoms with Crippen LogP contribution >= 0.6 is 0 Å². The Morgan fingerprint density at radius 2 is 2.23 bits per heavy atom. The Morgan fingerprint density at radius 1 is 1.46 bits per heavy atom. The summed E-state index contributed by atoms with van der Waals surface area (Å²) in [5, 5.41) is 0. The fourth-order valence-corrected chi connectivity index (χ4v) is 3.04. The number of allylic oxidation sites excluding steroid dienone is 2. The molecular weight excluding hydrogens is 160 g/mol. The maximum absolute atomic E-state index is 11.8. The highest BCUT2D eigenvalue weighted by Gasteiger charge is 2.46. The van der Waals surface area contributed by atoms with Crippen LogP contribution in [0.25, 0.3) is 0 Å². The summed E-state index contributed by atoms with van der Waals surface area (Å²) in [4.78, 5) is 11.8. The van der Waals surface area contributed by atoms with Gasteiger partial charge in [-0.1, -0.05) is 19.1 Å². The van der Waals surface area contributed by atoms with Crippen molar-refractivity contribution in [3.63, 3.8) is 0 Å². The van der Waals surface area contributed by atoms with E-state index in [9.17, 15) is 4.79 Å². The first kappa shape index (κ1) is 8.98. The lowest BCUT2D eigenvalue weighted by molar-refractivity contribution is -0.124. The van der Waals surface area contributed by atoms with Crippen molar-refractivity contribution >= 4 is 5.78 Å². The van der Waals surface area contributed by atoms with Gasteiger partial charge in [-0.15, -0.1) is 0 Å². The molecule has 1 heteroatoms. The molecule has 0 aliphatic heterocycles.